The molecule has 0 aromatic heterocycles. The zero-order valence-corrected chi connectivity index (χ0v) is 13.6. The molecule has 1 amide bonds. The highest BCUT2D eigenvalue weighted by Crippen LogP contribution is 2.25. The minimum absolute atomic E-state index is 0.00337. The molecule has 1 rings (SSSR count). The van der Waals surface area contributed by atoms with Gasteiger partial charge in [0.2, 0.25) is 0 Å². The highest BCUT2D eigenvalue weighted by Gasteiger charge is 2.17. The summed E-state index contributed by atoms with van der Waals surface area (Å²) in [6, 6.07) is 3.99. The SMILES string of the molecule is CC(C)CCCNC(=O)c1ccc(Cl)c(S(=O)(=O)Cl)c1. The van der Waals surface area contributed by atoms with Gasteiger partial charge in [0, 0.05) is 22.8 Å². The Balaban J connectivity index is 2.75. The molecular weight excluding hydrogens is 321 g/mol. The Morgan fingerprint density at radius 1 is 1.35 bits per heavy atom. The normalized spacial score (nSPS) is 11.7. The molecule has 0 bridgehead atoms. The highest BCUT2D eigenvalue weighted by molar-refractivity contribution is 8.13. The quantitative estimate of drug-likeness (QED) is 0.638. The van der Waals surface area contributed by atoms with Crippen molar-refractivity contribution in [3.05, 3.63) is 28.8 Å². The van der Waals surface area contributed by atoms with Crippen LogP contribution in [0.2, 0.25) is 5.02 Å². The van der Waals surface area contributed by atoms with E-state index < -0.39 is 9.05 Å². The van der Waals surface area contributed by atoms with Crippen LogP contribution in [0.25, 0.3) is 0 Å². The molecule has 0 heterocycles. The molecule has 0 fully saturated rings. The average Bonchev–Trinajstić information content (AvgIpc) is 2.33. The number of hydrogen-bond donors (Lipinski definition) is 1. The third-order valence-corrected chi connectivity index (χ3v) is 4.50. The lowest BCUT2D eigenvalue weighted by Crippen LogP contribution is -2.24. The molecule has 0 unspecified atom stereocenters. The maximum Gasteiger partial charge on any atom is 0.262 e. The van der Waals surface area contributed by atoms with E-state index in [-0.39, 0.29) is 21.4 Å². The first-order valence-corrected chi connectivity index (χ1v) is 8.93. The summed E-state index contributed by atoms with van der Waals surface area (Å²) in [5.74, 6) is 0.238. The van der Waals surface area contributed by atoms with Crippen LogP contribution in [0.4, 0.5) is 0 Å². The van der Waals surface area contributed by atoms with Crippen LogP contribution in [0.15, 0.2) is 23.1 Å². The van der Waals surface area contributed by atoms with E-state index in [1.807, 2.05) is 0 Å². The number of amides is 1. The molecule has 20 heavy (non-hydrogen) atoms. The van der Waals surface area contributed by atoms with Crippen molar-refractivity contribution in [2.45, 2.75) is 31.6 Å². The third kappa shape index (κ3) is 5.31. The van der Waals surface area contributed by atoms with Crippen LogP contribution < -0.4 is 5.32 Å². The largest absolute Gasteiger partial charge is 0.352 e. The minimum Gasteiger partial charge on any atom is -0.352 e. The summed E-state index contributed by atoms with van der Waals surface area (Å²) >= 11 is 5.75. The lowest BCUT2D eigenvalue weighted by atomic mass is 10.1. The van der Waals surface area contributed by atoms with Crippen LogP contribution in [-0.2, 0) is 9.05 Å². The second-order valence-corrected chi connectivity index (χ2v) is 7.82. The summed E-state index contributed by atoms with van der Waals surface area (Å²) in [7, 11) is 1.29. The number of hydrogen-bond acceptors (Lipinski definition) is 3. The molecule has 1 N–H and O–H groups in total. The van der Waals surface area contributed by atoms with Gasteiger partial charge in [-0.25, -0.2) is 8.42 Å². The van der Waals surface area contributed by atoms with E-state index in [2.05, 4.69) is 19.2 Å². The van der Waals surface area contributed by atoms with Crippen LogP contribution >= 0.6 is 22.3 Å². The van der Waals surface area contributed by atoms with Gasteiger partial charge in [-0.05, 0) is 37.0 Å². The number of nitrogens with one attached hydrogen (secondary N) is 1. The van der Waals surface area contributed by atoms with E-state index in [9.17, 15) is 13.2 Å². The fourth-order valence-corrected chi connectivity index (χ4v) is 3.14. The standard InChI is InChI=1S/C13H17Cl2NO3S/c1-9(2)4-3-7-16-13(17)10-5-6-11(14)12(8-10)20(15,18)19/h5-6,8-9H,3-4,7H2,1-2H3,(H,16,17). The second-order valence-electron chi connectivity index (χ2n) is 4.88. The van der Waals surface area contributed by atoms with Crippen molar-refractivity contribution in [1.82, 2.24) is 5.32 Å². The van der Waals surface area contributed by atoms with Gasteiger partial charge < -0.3 is 5.32 Å². The molecule has 1 aromatic rings. The smallest absolute Gasteiger partial charge is 0.262 e. The van der Waals surface area contributed by atoms with E-state index >= 15 is 0 Å². The summed E-state index contributed by atoms with van der Waals surface area (Å²) in [6.45, 7) is 4.76. The van der Waals surface area contributed by atoms with Gasteiger partial charge in [-0.15, -0.1) is 0 Å². The summed E-state index contributed by atoms with van der Waals surface area (Å²) < 4.78 is 22.6. The highest BCUT2D eigenvalue weighted by atomic mass is 35.7. The molecule has 4 nitrogen and oxygen atoms in total. The van der Waals surface area contributed by atoms with Crippen molar-refractivity contribution in [2.75, 3.05) is 6.54 Å². The van der Waals surface area contributed by atoms with Crippen LogP contribution in [0.5, 0.6) is 0 Å². The molecule has 0 aliphatic heterocycles. The van der Waals surface area contributed by atoms with Gasteiger partial charge in [0.15, 0.2) is 0 Å². The molecule has 0 atom stereocenters. The zero-order chi connectivity index (χ0) is 15.3. The molecule has 0 saturated carbocycles. The number of benzene rings is 1. The van der Waals surface area contributed by atoms with Gasteiger partial charge in [0.05, 0.1) is 5.02 Å². The molecule has 112 valence electrons. The number of halogens is 2. The Bertz CT molecular complexity index is 585. The summed E-state index contributed by atoms with van der Waals surface area (Å²) in [5, 5.41) is 2.73. The summed E-state index contributed by atoms with van der Waals surface area (Å²) in [6.07, 6.45) is 1.89. The number of carbonyl (C=O) groups excluding carboxylic acids is 1. The first kappa shape index (κ1) is 17.3. The van der Waals surface area contributed by atoms with Gasteiger partial charge in [-0.3, -0.25) is 4.79 Å². The van der Waals surface area contributed by atoms with E-state index in [1.54, 1.807) is 0 Å². The molecule has 0 spiro atoms. The van der Waals surface area contributed by atoms with Crippen molar-refractivity contribution < 1.29 is 13.2 Å². The molecule has 1 aromatic carbocycles. The number of rotatable bonds is 6. The molecule has 7 heteroatoms. The van der Waals surface area contributed by atoms with E-state index in [0.717, 1.165) is 12.8 Å². The van der Waals surface area contributed by atoms with Crippen molar-refractivity contribution >= 4 is 37.2 Å². The van der Waals surface area contributed by atoms with Crippen LogP contribution in [-0.4, -0.2) is 20.9 Å². The first-order valence-electron chi connectivity index (χ1n) is 6.24. The minimum atomic E-state index is -3.97. The van der Waals surface area contributed by atoms with Crippen molar-refractivity contribution in [3.8, 4) is 0 Å². The Morgan fingerprint density at radius 2 is 2.00 bits per heavy atom. The topological polar surface area (TPSA) is 63.2 Å². The fourth-order valence-electron chi connectivity index (χ4n) is 1.65. The summed E-state index contributed by atoms with van der Waals surface area (Å²) in [4.78, 5) is 11.6. The molecule has 0 saturated heterocycles. The Labute approximate surface area is 128 Å². The maximum atomic E-state index is 11.9. The van der Waals surface area contributed by atoms with Crippen LogP contribution in [0.1, 0.15) is 37.0 Å². The summed E-state index contributed by atoms with van der Waals surface area (Å²) in [5.41, 5.74) is 0.221. The molecule has 0 radical (unpaired) electrons. The second kappa shape index (κ2) is 7.29. The average molecular weight is 338 g/mol. The van der Waals surface area contributed by atoms with Gasteiger partial charge in [0.1, 0.15) is 4.90 Å². The predicted molar refractivity (Wildman–Crippen MR) is 80.9 cm³/mol. The molecule has 0 aliphatic carbocycles. The Morgan fingerprint density at radius 3 is 2.55 bits per heavy atom. The Kier molecular flexibility index (Phi) is 6.30. The van der Waals surface area contributed by atoms with Crippen molar-refractivity contribution in [1.29, 1.82) is 0 Å². The van der Waals surface area contributed by atoms with Crippen LogP contribution in [0, 0.1) is 5.92 Å². The van der Waals surface area contributed by atoms with E-state index in [1.165, 1.54) is 18.2 Å². The molecule has 0 aliphatic rings. The van der Waals surface area contributed by atoms with Crippen LogP contribution in [0.3, 0.4) is 0 Å². The van der Waals surface area contributed by atoms with Gasteiger partial charge in [-0.1, -0.05) is 25.4 Å². The first-order chi connectivity index (χ1) is 9.21. The Hall–Kier alpha value is -0.780. The lowest BCUT2D eigenvalue weighted by Gasteiger charge is -2.08. The zero-order valence-electron chi connectivity index (χ0n) is 11.3. The predicted octanol–water partition coefficient (Wildman–Crippen LogP) is 3.43. The maximum absolute atomic E-state index is 11.9. The lowest BCUT2D eigenvalue weighted by molar-refractivity contribution is 0.0952. The van der Waals surface area contributed by atoms with Gasteiger partial charge >= 0.3 is 0 Å². The van der Waals surface area contributed by atoms with Gasteiger partial charge in [0.25, 0.3) is 15.0 Å². The van der Waals surface area contributed by atoms with Crippen molar-refractivity contribution in [3.63, 3.8) is 0 Å². The monoisotopic (exact) mass is 337 g/mol. The van der Waals surface area contributed by atoms with E-state index in [4.69, 9.17) is 22.3 Å². The van der Waals surface area contributed by atoms with Crippen molar-refractivity contribution in [2.24, 2.45) is 5.92 Å². The van der Waals surface area contributed by atoms with Gasteiger partial charge in [-0.2, -0.15) is 0 Å². The molecular formula is C13H17Cl2NO3S. The fraction of sp³-hybridized carbons (Fsp3) is 0.462. The number of carbonyl (C=O) groups is 1. The van der Waals surface area contributed by atoms with E-state index in [0.29, 0.717) is 12.5 Å². The third-order valence-electron chi connectivity index (χ3n) is 2.70.